The van der Waals surface area contributed by atoms with E-state index in [4.69, 9.17) is 9.79 Å². The van der Waals surface area contributed by atoms with Gasteiger partial charge in [-0.25, -0.2) is 4.57 Å². The molecule has 19 heavy (non-hydrogen) atoms. The van der Waals surface area contributed by atoms with E-state index in [0.29, 0.717) is 0 Å². The molecule has 0 aliphatic rings. The van der Waals surface area contributed by atoms with E-state index in [2.05, 4.69) is 11.4 Å². The Balaban J connectivity index is 0. The number of phosphoric ester groups is 1. The molecule has 0 aromatic carbocycles. The SMILES string of the molecule is CCCCCCCCCCCCCOP(=O)(O)O.[KH]. The Morgan fingerprint density at radius 1 is 0.789 bits per heavy atom. The molecule has 0 rings (SSSR count). The normalized spacial score (nSPS) is 11.3. The second kappa shape index (κ2) is 16.1. The number of rotatable bonds is 13. The molecule has 0 spiro atoms. The van der Waals surface area contributed by atoms with E-state index < -0.39 is 7.82 Å². The fourth-order valence-corrected chi connectivity index (χ4v) is 2.32. The molecule has 0 heterocycles. The van der Waals surface area contributed by atoms with Crippen LogP contribution in [0.1, 0.15) is 77.6 Å². The molecule has 4 nitrogen and oxygen atoms in total. The first kappa shape index (κ1) is 23.0. The van der Waals surface area contributed by atoms with Gasteiger partial charge >= 0.3 is 59.2 Å². The van der Waals surface area contributed by atoms with Gasteiger partial charge in [-0.05, 0) is 6.42 Å². The van der Waals surface area contributed by atoms with Gasteiger partial charge in [0.2, 0.25) is 0 Å². The van der Waals surface area contributed by atoms with Crippen molar-refractivity contribution >= 4 is 59.2 Å². The molecule has 112 valence electrons. The first-order chi connectivity index (χ1) is 8.56. The molecule has 0 aliphatic carbocycles. The van der Waals surface area contributed by atoms with Crippen molar-refractivity contribution in [1.82, 2.24) is 0 Å². The number of unbranched alkanes of at least 4 members (excludes halogenated alkanes) is 10. The molecule has 0 unspecified atom stereocenters. The Morgan fingerprint density at radius 3 is 1.53 bits per heavy atom. The van der Waals surface area contributed by atoms with E-state index >= 15 is 0 Å². The number of hydrogen-bond donors (Lipinski definition) is 2. The summed E-state index contributed by atoms with van der Waals surface area (Å²) < 4.78 is 14.8. The monoisotopic (exact) mass is 320 g/mol. The molecule has 0 atom stereocenters. The average molecular weight is 320 g/mol. The van der Waals surface area contributed by atoms with Crippen LogP contribution in [0.4, 0.5) is 0 Å². The van der Waals surface area contributed by atoms with Gasteiger partial charge < -0.3 is 9.79 Å². The molecule has 0 fully saturated rings. The van der Waals surface area contributed by atoms with Gasteiger partial charge in [0, 0.05) is 0 Å². The Bertz CT molecular complexity index is 221. The quantitative estimate of drug-likeness (QED) is 0.308. The first-order valence-electron chi connectivity index (χ1n) is 7.26. The summed E-state index contributed by atoms with van der Waals surface area (Å²) in [5, 5.41) is 0. The summed E-state index contributed by atoms with van der Waals surface area (Å²) in [6.07, 6.45) is 13.5. The van der Waals surface area contributed by atoms with Gasteiger partial charge in [0.25, 0.3) is 0 Å². The van der Waals surface area contributed by atoms with Gasteiger partial charge in [-0.15, -0.1) is 0 Å². The molecule has 0 amide bonds. The minimum atomic E-state index is -4.25. The predicted octanol–water partition coefficient (Wildman–Crippen LogP) is 3.76. The van der Waals surface area contributed by atoms with E-state index in [9.17, 15) is 4.57 Å². The molecule has 0 radical (unpaired) electrons. The van der Waals surface area contributed by atoms with Crippen LogP contribution in [0.5, 0.6) is 0 Å². The van der Waals surface area contributed by atoms with E-state index in [0.717, 1.165) is 19.3 Å². The standard InChI is InChI=1S/C13H29O4P.K.H/c1-2-3-4-5-6-7-8-9-10-11-12-13-17-18(14,15)16;;/h2-13H2,1H3,(H2,14,15,16);;. The van der Waals surface area contributed by atoms with Crippen LogP contribution >= 0.6 is 7.82 Å². The zero-order chi connectivity index (χ0) is 13.7. The van der Waals surface area contributed by atoms with Gasteiger partial charge in [-0.3, -0.25) is 4.52 Å². The first-order valence-corrected chi connectivity index (χ1v) is 8.79. The van der Waals surface area contributed by atoms with Crippen LogP contribution in [0, 0.1) is 0 Å². The van der Waals surface area contributed by atoms with Crippen LogP contribution in [0.15, 0.2) is 0 Å². The summed E-state index contributed by atoms with van der Waals surface area (Å²) in [6, 6.07) is 0. The third-order valence-corrected chi connectivity index (χ3v) is 3.53. The van der Waals surface area contributed by atoms with Gasteiger partial charge in [0.15, 0.2) is 0 Å². The fourth-order valence-electron chi connectivity index (χ4n) is 1.95. The third kappa shape index (κ3) is 22.2. The second-order valence-electron chi connectivity index (χ2n) is 4.86. The fraction of sp³-hybridized carbons (Fsp3) is 1.00. The van der Waals surface area contributed by atoms with Crippen molar-refractivity contribution < 1.29 is 18.9 Å². The van der Waals surface area contributed by atoms with Crippen molar-refractivity contribution in [2.24, 2.45) is 0 Å². The van der Waals surface area contributed by atoms with Gasteiger partial charge in [-0.1, -0.05) is 71.1 Å². The van der Waals surface area contributed by atoms with Crippen molar-refractivity contribution in [2.75, 3.05) is 6.61 Å². The molecule has 0 aliphatic heterocycles. The number of phosphoric acid groups is 1. The predicted molar refractivity (Wildman–Crippen MR) is 81.6 cm³/mol. The summed E-state index contributed by atoms with van der Waals surface area (Å²) in [4.78, 5) is 16.9. The van der Waals surface area contributed by atoms with Crippen LogP contribution < -0.4 is 0 Å². The summed E-state index contributed by atoms with van der Waals surface area (Å²) in [5.41, 5.74) is 0. The van der Waals surface area contributed by atoms with E-state index in [1.54, 1.807) is 0 Å². The van der Waals surface area contributed by atoms with Crippen molar-refractivity contribution in [1.29, 1.82) is 0 Å². The topological polar surface area (TPSA) is 66.8 Å². The maximum atomic E-state index is 10.4. The average Bonchev–Trinajstić information content (AvgIpc) is 2.29. The maximum absolute atomic E-state index is 10.4. The summed E-state index contributed by atoms with van der Waals surface area (Å²) in [5.74, 6) is 0. The molecule has 2 N–H and O–H groups in total. The van der Waals surface area contributed by atoms with E-state index in [1.807, 2.05) is 0 Å². The second-order valence-corrected chi connectivity index (χ2v) is 6.10. The Kier molecular flexibility index (Phi) is 19.5. The molecular formula is C13H30KO4P. The van der Waals surface area contributed by atoms with Crippen LogP contribution in [0.2, 0.25) is 0 Å². The molecule has 0 aromatic heterocycles. The van der Waals surface area contributed by atoms with Crippen LogP contribution in [-0.2, 0) is 9.09 Å². The van der Waals surface area contributed by atoms with Crippen molar-refractivity contribution in [3.05, 3.63) is 0 Å². The summed E-state index contributed by atoms with van der Waals surface area (Å²) >= 11 is 0. The van der Waals surface area contributed by atoms with Crippen LogP contribution in [0.3, 0.4) is 0 Å². The van der Waals surface area contributed by atoms with Crippen LogP contribution in [-0.4, -0.2) is 67.8 Å². The molecule has 0 bridgehead atoms. The Morgan fingerprint density at radius 2 is 1.16 bits per heavy atom. The molecule has 0 saturated carbocycles. The zero-order valence-corrected chi connectivity index (χ0v) is 12.5. The molecule has 6 heteroatoms. The molecular weight excluding hydrogens is 290 g/mol. The van der Waals surface area contributed by atoms with Gasteiger partial charge in [0.05, 0.1) is 6.61 Å². The summed E-state index contributed by atoms with van der Waals surface area (Å²) in [6.45, 7) is 2.40. The van der Waals surface area contributed by atoms with Crippen molar-refractivity contribution in [3.63, 3.8) is 0 Å². The van der Waals surface area contributed by atoms with Gasteiger partial charge in [-0.2, -0.15) is 0 Å². The Labute approximate surface area is 160 Å². The number of hydrogen-bond acceptors (Lipinski definition) is 2. The van der Waals surface area contributed by atoms with E-state index in [-0.39, 0.29) is 58.0 Å². The van der Waals surface area contributed by atoms with Crippen molar-refractivity contribution in [3.8, 4) is 0 Å². The third-order valence-electron chi connectivity index (χ3n) is 3.01. The minimum absolute atomic E-state index is 0. The Hall–Kier alpha value is 1.75. The van der Waals surface area contributed by atoms with Crippen LogP contribution in [0.25, 0.3) is 0 Å². The van der Waals surface area contributed by atoms with E-state index in [1.165, 1.54) is 51.4 Å². The summed E-state index contributed by atoms with van der Waals surface area (Å²) in [7, 11) is -4.25. The van der Waals surface area contributed by atoms with Gasteiger partial charge in [0.1, 0.15) is 0 Å². The van der Waals surface area contributed by atoms with Crippen molar-refractivity contribution in [2.45, 2.75) is 77.6 Å². The molecule has 0 aromatic rings. The zero-order valence-electron chi connectivity index (χ0n) is 11.6. The molecule has 0 saturated heterocycles.